The maximum absolute atomic E-state index is 6.25. The van der Waals surface area contributed by atoms with Crippen LogP contribution in [-0.2, 0) is 11.2 Å². The van der Waals surface area contributed by atoms with Crippen LogP contribution in [0.25, 0.3) is 0 Å². The highest BCUT2D eigenvalue weighted by molar-refractivity contribution is 6.42. The van der Waals surface area contributed by atoms with Crippen molar-refractivity contribution in [2.45, 2.75) is 43.7 Å². The zero-order valence-electron chi connectivity index (χ0n) is 11.1. The van der Waals surface area contributed by atoms with Crippen molar-refractivity contribution in [1.82, 2.24) is 5.43 Å². The monoisotopic (exact) mass is 302 g/mol. The summed E-state index contributed by atoms with van der Waals surface area (Å²) in [6.07, 6.45) is 5.11. The molecule has 5 heteroatoms. The van der Waals surface area contributed by atoms with Crippen LogP contribution >= 0.6 is 23.2 Å². The van der Waals surface area contributed by atoms with Gasteiger partial charge in [0.25, 0.3) is 0 Å². The van der Waals surface area contributed by atoms with Crippen LogP contribution in [0.1, 0.15) is 31.2 Å². The first-order valence-electron chi connectivity index (χ1n) is 6.57. The maximum atomic E-state index is 6.25. The average molecular weight is 303 g/mol. The Morgan fingerprint density at radius 3 is 2.63 bits per heavy atom. The molecule has 0 amide bonds. The third-order valence-corrected chi connectivity index (χ3v) is 5.01. The molecule has 0 radical (unpaired) electrons. The van der Waals surface area contributed by atoms with Gasteiger partial charge < -0.3 is 4.74 Å². The average Bonchev–Trinajstić information content (AvgIpc) is 2.90. The van der Waals surface area contributed by atoms with Crippen LogP contribution in [0.15, 0.2) is 18.2 Å². The third kappa shape index (κ3) is 3.06. The Kier molecular flexibility index (Phi) is 5.09. The molecule has 1 aliphatic carbocycles. The van der Waals surface area contributed by atoms with E-state index in [1.165, 1.54) is 12.8 Å². The fraction of sp³-hybridized carbons (Fsp3) is 0.571. The molecule has 0 bridgehead atoms. The lowest BCUT2D eigenvalue weighted by molar-refractivity contribution is -0.0355. The molecule has 3 nitrogen and oxygen atoms in total. The Labute approximate surface area is 124 Å². The number of rotatable bonds is 5. The molecule has 3 N–H and O–H groups in total. The number of halogens is 2. The van der Waals surface area contributed by atoms with E-state index >= 15 is 0 Å². The molecule has 1 aromatic rings. The summed E-state index contributed by atoms with van der Waals surface area (Å²) in [5.74, 6) is 5.74. The van der Waals surface area contributed by atoms with Crippen molar-refractivity contribution in [1.29, 1.82) is 0 Å². The Bertz CT molecular complexity index is 433. The molecule has 0 heterocycles. The first-order valence-corrected chi connectivity index (χ1v) is 7.33. The van der Waals surface area contributed by atoms with Crippen molar-refractivity contribution in [3.8, 4) is 0 Å². The van der Waals surface area contributed by atoms with Crippen molar-refractivity contribution in [3.05, 3.63) is 33.8 Å². The molecule has 1 fully saturated rings. The van der Waals surface area contributed by atoms with Gasteiger partial charge in [-0.1, -0.05) is 48.2 Å². The van der Waals surface area contributed by atoms with Gasteiger partial charge in [-0.25, -0.2) is 0 Å². The van der Waals surface area contributed by atoms with Gasteiger partial charge in [-0.3, -0.25) is 11.3 Å². The summed E-state index contributed by atoms with van der Waals surface area (Å²) in [4.78, 5) is 0. The second kappa shape index (κ2) is 6.42. The van der Waals surface area contributed by atoms with Crippen molar-refractivity contribution in [2.24, 2.45) is 5.84 Å². The molecule has 1 atom stereocenters. The fourth-order valence-electron chi connectivity index (χ4n) is 2.99. The van der Waals surface area contributed by atoms with E-state index in [-0.39, 0.29) is 11.6 Å². The predicted octanol–water partition coefficient (Wildman–Crippen LogP) is 3.33. The second-order valence-electron chi connectivity index (χ2n) is 5.11. The highest BCUT2D eigenvalue weighted by atomic mass is 35.5. The molecule has 106 valence electrons. The van der Waals surface area contributed by atoms with E-state index in [4.69, 9.17) is 33.8 Å². The smallest absolute Gasteiger partial charge is 0.0847 e. The van der Waals surface area contributed by atoms with Gasteiger partial charge in [0.15, 0.2) is 0 Å². The standard InChI is InChI=1S/C14H20Cl2N2O/c1-19-14(7-2-3-8-14)12(18-17)9-10-5-4-6-11(15)13(10)16/h4-6,12,18H,2-3,7-9,17H2,1H3. The summed E-state index contributed by atoms with van der Waals surface area (Å²) in [5, 5.41) is 1.18. The summed E-state index contributed by atoms with van der Waals surface area (Å²) in [6, 6.07) is 5.72. The summed E-state index contributed by atoms with van der Waals surface area (Å²) >= 11 is 12.3. The Balaban J connectivity index is 2.21. The lowest BCUT2D eigenvalue weighted by Crippen LogP contribution is -2.54. The third-order valence-electron chi connectivity index (χ3n) is 4.15. The molecule has 2 rings (SSSR count). The number of hydrogen-bond donors (Lipinski definition) is 2. The van der Waals surface area contributed by atoms with Gasteiger partial charge in [0, 0.05) is 7.11 Å². The largest absolute Gasteiger partial charge is 0.377 e. The van der Waals surface area contributed by atoms with Gasteiger partial charge in [0.1, 0.15) is 0 Å². The highest BCUT2D eigenvalue weighted by Gasteiger charge is 2.41. The van der Waals surface area contributed by atoms with Gasteiger partial charge in [0.05, 0.1) is 21.7 Å². The number of benzene rings is 1. The number of nitrogens with two attached hydrogens (primary N) is 1. The highest BCUT2D eigenvalue weighted by Crippen LogP contribution is 2.37. The lowest BCUT2D eigenvalue weighted by Gasteiger charge is -2.36. The Morgan fingerprint density at radius 1 is 1.37 bits per heavy atom. The van der Waals surface area contributed by atoms with Crippen molar-refractivity contribution >= 4 is 23.2 Å². The van der Waals surface area contributed by atoms with Crippen LogP contribution in [0.4, 0.5) is 0 Å². The topological polar surface area (TPSA) is 47.3 Å². The lowest BCUT2D eigenvalue weighted by atomic mass is 9.87. The number of methoxy groups -OCH3 is 1. The fourth-order valence-corrected chi connectivity index (χ4v) is 3.39. The molecule has 1 unspecified atom stereocenters. The van der Waals surface area contributed by atoms with E-state index in [1.54, 1.807) is 13.2 Å². The molecule has 1 saturated carbocycles. The predicted molar refractivity (Wildman–Crippen MR) is 79.5 cm³/mol. The minimum absolute atomic E-state index is 0.0379. The summed E-state index contributed by atoms with van der Waals surface area (Å²) in [5.41, 5.74) is 3.71. The van der Waals surface area contributed by atoms with Gasteiger partial charge in [-0.05, 0) is 30.9 Å². The molecule has 0 aromatic heterocycles. The van der Waals surface area contributed by atoms with E-state index in [0.29, 0.717) is 16.5 Å². The van der Waals surface area contributed by atoms with Crippen molar-refractivity contribution in [3.63, 3.8) is 0 Å². The van der Waals surface area contributed by atoms with Crippen LogP contribution in [0.5, 0.6) is 0 Å². The van der Waals surface area contributed by atoms with E-state index in [9.17, 15) is 0 Å². The quantitative estimate of drug-likeness (QED) is 0.648. The zero-order valence-corrected chi connectivity index (χ0v) is 12.6. The molecule has 19 heavy (non-hydrogen) atoms. The first kappa shape index (κ1) is 15.1. The molecule has 0 saturated heterocycles. The van der Waals surface area contributed by atoms with E-state index in [2.05, 4.69) is 5.43 Å². The van der Waals surface area contributed by atoms with Crippen molar-refractivity contribution in [2.75, 3.05) is 7.11 Å². The second-order valence-corrected chi connectivity index (χ2v) is 5.90. The summed E-state index contributed by atoms with van der Waals surface area (Å²) in [6.45, 7) is 0. The van der Waals surface area contributed by atoms with Crippen LogP contribution < -0.4 is 11.3 Å². The normalized spacial score (nSPS) is 19.6. The van der Waals surface area contributed by atoms with E-state index in [1.807, 2.05) is 12.1 Å². The minimum atomic E-state index is -0.194. The maximum Gasteiger partial charge on any atom is 0.0847 e. The van der Waals surface area contributed by atoms with Gasteiger partial charge in [-0.2, -0.15) is 0 Å². The molecule has 0 spiro atoms. The zero-order chi connectivity index (χ0) is 13.9. The molecule has 1 aromatic carbocycles. The van der Waals surface area contributed by atoms with Crippen LogP contribution in [0, 0.1) is 0 Å². The van der Waals surface area contributed by atoms with E-state index < -0.39 is 0 Å². The molecule has 1 aliphatic rings. The molecule has 0 aliphatic heterocycles. The number of nitrogens with one attached hydrogen (secondary N) is 1. The number of hydrogen-bond acceptors (Lipinski definition) is 3. The Hall–Kier alpha value is -0.320. The molecular formula is C14H20Cl2N2O. The van der Waals surface area contributed by atoms with Gasteiger partial charge >= 0.3 is 0 Å². The first-order chi connectivity index (χ1) is 9.13. The minimum Gasteiger partial charge on any atom is -0.377 e. The van der Waals surface area contributed by atoms with E-state index in [0.717, 1.165) is 18.4 Å². The van der Waals surface area contributed by atoms with Crippen LogP contribution in [0.2, 0.25) is 10.0 Å². The summed E-state index contributed by atoms with van der Waals surface area (Å²) in [7, 11) is 1.76. The Morgan fingerprint density at radius 2 is 2.05 bits per heavy atom. The van der Waals surface area contributed by atoms with Crippen LogP contribution in [0.3, 0.4) is 0 Å². The van der Waals surface area contributed by atoms with Gasteiger partial charge in [0.2, 0.25) is 0 Å². The number of hydrazine groups is 1. The van der Waals surface area contributed by atoms with Crippen LogP contribution in [-0.4, -0.2) is 18.8 Å². The number of ether oxygens (including phenoxy) is 1. The molecular weight excluding hydrogens is 283 g/mol. The van der Waals surface area contributed by atoms with Gasteiger partial charge in [-0.15, -0.1) is 0 Å². The summed E-state index contributed by atoms with van der Waals surface area (Å²) < 4.78 is 5.78. The SMILES string of the molecule is COC1(C(Cc2cccc(Cl)c2Cl)NN)CCCC1. The van der Waals surface area contributed by atoms with Crippen molar-refractivity contribution < 1.29 is 4.74 Å².